The molecule has 0 amide bonds. The lowest BCUT2D eigenvalue weighted by Crippen LogP contribution is -2.21. The molecule has 1 fully saturated rings. The third-order valence-corrected chi connectivity index (χ3v) is 3.03. The fraction of sp³-hybridized carbons (Fsp3) is 0.538. The smallest absolute Gasteiger partial charge is 0.148 e. The fourth-order valence-corrected chi connectivity index (χ4v) is 2.21. The number of halogens is 1. The van der Waals surface area contributed by atoms with Gasteiger partial charge in [-0.15, -0.1) is 0 Å². The highest BCUT2D eigenvalue weighted by atomic mass is 19.1. The number of nitrogens with one attached hydrogen (secondary N) is 1. The summed E-state index contributed by atoms with van der Waals surface area (Å²) in [6.45, 7) is 3.20. The zero-order valence-electron chi connectivity index (χ0n) is 10.2. The van der Waals surface area contributed by atoms with E-state index in [4.69, 9.17) is 4.74 Å². The van der Waals surface area contributed by atoms with E-state index >= 15 is 0 Å². The average molecular weight is 238 g/mol. The number of rotatable bonds is 5. The third-order valence-electron chi connectivity index (χ3n) is 3.03. The van der Waals surface area contributed by atoms with Crippen molar-refractivity contribution in [2.75, 3.05) is 43.6 Å². The van der Waals surface area contributed by atoms with Crippen LogP contribution in [0.3, 0.4) is 0 Å². The summed E-state index contributed by atoms with van der Waals surface area (Å²) in [4.78, 5) is 2.12. The highest BCUT2D eigenvalue weighted by molar-refractivity contribution is 5.71. The predicted molar refractivity (Wildman–Crippen MR) is 68.2 cm³/mol. The van der Waals surface area contributed by atoms with Gasteiger partial charge in [0.2, 0.25) is 0 Å². The molecular weight excluding hydrogens is 219 g/mol. The number of para-hydroxylation sites is 1. The Balaban J connectivity index is 2.15. The second-order valence-corrected chi connectivity index (χ2v) is 4.25. The van der Waals surface area contributed by atoms with Crippen LogP contribution in [0.4, 0.5) is 15.8 Å². The topological polar surface area (TPSA) is 24.5 Å². The van der Waals surface area contributed by atoms with Gasteiger partial charge in [-0.1, -0.05) is 6.07 Å². The number of methoxy groups -OCH3 is 1. The van der Waals surface area contributed by atoms with E-state index in [2.05, 4.69) is 10.2 Å². The quantitative estimate of drug-likeness (QED) is 0.798. The fourth-order valence-electron chi connectivity index (χ4n) is 2.21. The van der Waals surface area contributed by atoms with Crippen LogP contribution in [0.1, 0.15) is 12.8 Å². The highest BCUT2D eigenvalue weighted by Gasteiger charge is 2.19. The molecule has 1 aliphatic heterocycles. The van der Waals surface area contributed by atoms with E-state index in [1.165, 1.54) is 6.07 Å². The molecule has 1 aliphatic rings. The first-order chi connectivity index (χ1) is 8.33. The van der Waals surface area contributed by atoms with E-state index in [0.29, 0.717) is 18.8 Å². The Hall–Kier alpha value is -1.29. The van der Waals surface area contributed by atoms with Gasteiger partial charge in [0.1, 0.15) is 5.82 Å². The summed E-state index contributed by atoms with van der Waals surface area (Å²) in [6.07, 6.45) is 2.29. The molecule has 17 heavy (non-hydrogen) atoms. The van der Waals surface area contributed by atoms with Crippen LogP contribution >= 0.6 is 0 Å². The zero-order valence-corrected chi connectivity index (χ0v) is 10.2. The van der Waals surface area contributed by atoms with Gasteiger partial charge in [-0.05, 0) is 25.0 Å². The Morgan fingerprint density at radius 2 is 2.12 bits per heavy atom. The molecule has 0 aliphatic carbocycles. The van der Waals surface area contributed by atoms with E-state index in [0.717, 1.165) is 31.6 Å². The molecule has 0 atom stereocenters. The van der Waals surface area contributed by atoms with Gasteiger partial charge in [0.25, 0.3) is 0 Å². The van der Waals surface area contributed by atoms with Crippen molar-refractivity contribution in [3.63, 3.8) is 0 Å². The van der Waals surface area contributed by atoms with Crippen molar-refractivity contribution < 1.29 is 9.13 Å². The van der Waals surface area contributed by atoms with E-state index in [9.17, 15) is 4.39 Å². The van der Waals surface area contributed by atoms with E-state index in [-0.39, 0.29) is 5.82 Å². The maximum Gasteiger partial charge on any atom is 0.148 e. The van der Waals surface area contributed by atoms with Gasteiger partial charge in [-0.3, -0.25) is 0 Å². The van der Waals surface area contributed by atoms with Gasteiger partial charge in [0.15, 0.2) is 0 Å². The molecule has 4 heteroatoms. The van der Waals surface area contributed by atoms with Crippen molar-refractivity contribution in [2.24, 2.45) is 0 Å². The Kier molecular flexibility index (Phi) is 4.20. The monoisotopic (exact) mass is 238 g/mol. The molecule has 0 unspecified atom stereocenters. The van der Waals surface area contributed by atoms with Crippen LogP contribution < -0.4 is 10.2 Å². The van der Waals surface area contributed by atoms with Crippen molar-refractivity contribution in [2.45, 2.75) is 12.8 Å². The molecule has 1 aromatic carbocycles. The molecule has 0 radical (unpaired) electrons. The lowest BCUT2D eigenvalue weighted by molar-refractivity contribution is 0.211. The molecule has 1 aromatic rings. The summed E-state index contributed by atoms with van der Waals surface area (Å²) in [6, 6.07) is 5.19. The molecule has 0 spiro atoms. The molecule has 0 aromatic heterocycles. The lowest BCUT2D eigenvalue weighted by Gasteiger charge is -2.22. The number of ether oxygens (including phenoxy) is 1. The molecule has 1 N–H and O–H groups in total. The van der Waals surface area contributed by atoms with Gasteiger partial charge in [-0.2, -0.15) is 0 Å². The number of nitrogens with zero attached hydrogens (tertiary/aromatic N) is 1. The number of anilines is 2. The van der Waals surface area contributed by atoms with Crippen LogP contribution in [-0.4, -0.2) is 33.4 Å². The van der Waals surface area contributed by atoms with E-state index in [1.54, 1.807) is 13.2 Å². The summed E-state index contributed by atoms with van der Waals surface area (Å²) in [5, 5.41) is 3.23. The van der Waals surface area contributed by atoms with E-state index < -0.39 is 0 Å². The molecule has 1 heterocycles. The second-order valence-electron chi connectivity index (χ2n) is 4.25. The maximum absolute atomic E-state index is 13.9. The molecular formula is C13H19FN2O. The molecule has 2 rings (SSSR count). The second kappa shape index (κ2) is 5.87. The van der Waals surface area contributed by atoms with Gasteiger partial charge in [0.05, 0.1) is 18.0 Å². The summed E-state index contributed by atoms with van der Waals surface area (Å²) in [7, 11) is 1.66. The first-order valence-corrected chi connectivity index (χ1v) is 6.09. The van der Waals surface area contributed by atoms with Crippen molar-refractivity contribution in [3.8, 4) is 0 Å². The molecule has 0 bridgehead atoms. The van der Waals surface area contributed by atoms with Crippen LogP contribution in [0.25, 0.3) is 0 Å². The van der Waals surface area contributed by atoms with Gasteiger partial charge in [-0.25, -0.2) is 4.39 Å². The van der Waals surface area contributed by atoms with Crippen LogP contribution in [-0.2, 0) is 4.74 Å². The zero-order chi connectivity index (χ0) is 12.1. The normalized spacial score (nSPS) is 15.3. The minimum atomic E-state index is -0.144. The standard InChI is InChI=1S/C13H19FN2O/c1-17-10-7-15-12-6-4-5-11(14)13(12)16-8-2-3-9-16/h4-6,15H,2-3,7-10H2,1H3. The first kappa shape index (κ1) is 12.2. The SMILES string of the molecule is COCCNc1cccc(F)c1N1CCCC1. The molecule has 94 valence electrons. The van der Waals surface area contributed by atoms with Crippen molar-refractivity contribution in [1.29, 1.82) is 0 Å². The average Bonchev–Trinajstić information content (AvgIpc) is 2.83. The van der Waals surface area contributed by atoms with E-state index in [1.807, 2.05) is 6.07 Å². The minimum Gasteiger partial charge on any atom is -0.383 e. The van der Waals surface area contributed by atoms with Crippen molar-refractivity contribution in [3.05, 3.63) is 24.0 Å². The molecule has 1 saturated heterocycles. The summed E-state index contributed by atoms with van der Waals surface area (Å²) in [5.41, 5.74) is 1.57. The van der Waals surface area contributed by atoms with Gasteiger partial charge >= 0.3 is 0 Å². The van der Waals surface area contributed by atoms with Crippen LogP contribution in [0, 0.1) is 5.82 Å². The lowest BCUT2D eigenvalue weighted by atomic mass is 10.2. The highest BCUT2D eigenvalue weighted by Crippen LogP contribution is 2.31. The predicted octanol–water partition coefficient (Wildman–Crippen LogP) is 2.48. The van der Waals surface area contributed by atoms with Crippen LogP contribution in [0.2, 0.25) is 0 Å². The summed E-state index contributed by atoms with van der Waals surface area (Å²) >= 11 is 0. The minimum absolute atomic E-state index is 0.144. The van der Waals surface area contributed by atoms with Crippen molar-refractivity contribution >= 4 is 11.4 Å². The summed E-state index contributed by atoms with van der Waals surface area (Å²) in [5.74, 6) is -0.144. The maximum atomic E-state index is 13.9. The Labute approximate surface area is 102 Å². The summed E-state index contributed by atoms with van der Waals surface area (Å²) < 4.78 is 18.9. The Bertz CT molecular complexity index is 364. The number of hydrogen-bond donors (Lipinski definition) is 1. The van der Waals surface area contributed by atoms with Crippen LogP contribution in [0.15, 0.2) is 18.2 Å². The van der Waals surface area contributed by atoms with Gasteiger partial charge < -0.3 is 15.0 Å². The number of benzene rings is 1. The van der Waals surface area contributed by atoms with Crippen LogP contribution in [0.5, 0.6) is 0 Å². The first-order valence-electron chi connectivity index (χ1n) is 6.09. The van der Waals surface area contributed by atoms with Crippen molar-refractivity contribution in [1.82, 2.24) is 0 Å². The largest absolute Gasteiger partial charge is 0.383 e. The molecule has 3 nitrogen and oxygen atoms in total. The van der Waals surface area contributed by atoms with Gasteiger partial charge in [0, 0.05) is 26.7 Å². The third kappa shape index (κ3) is 2.88. The Morgan fingerprint density at radius 3 is 2.82 bits per heavy atom. The number of hydrogen-bond acceptors (Lipinski definition) is 3. The molecule has 0 saturated carbocycles. The Morgan fingerprint density at radius 1 is 1.35 bits per heavy atom.